The Morgan fingerprint density at radius 2 is 2.21 bits per heavy atom. The molecule has 0 aliphatic carbocycles. The van der Waals surface area contributed by atoms with Gasteiger partial charge < -0.3 is 26.9 Å². The van der Waals surface area contributed by atoms with E-state index in [1.807, 2.05) is 0 Å². The lowest BCUT2D eigenvalue weighted by atomic mass is 9.95. The molecule has 126 valence electrons. The topological polar surface area (TPSA) is 134 Å². The number of hydrogen-bond donors (Lipinski definition) is 5. The Labute approximate surface area is 142 Å². The second-order valence-corrected chi connectivity index (χ2v) is 5.08. The maximum atomic E-state index is 13.3. The summed E-state index contributed by atoms with van der Waals surface area (Å²) in [6.45, 7) is 0.876. The standard InChI is InChI=1S/C12H15BFN7O2S/c13-7-5-6(1-2-8(7)14)17-10(19-22)9-11(21-23-20-9)18-12(24)16-4-3-15/h1-2,5,22H,3-4,13,15H2,(H,17,19)(H2,16,18,21,24). The van der Waals surface area contributed by atoms with E-state index in [2.05, 4.69) is 36.0 Å². The van der Waals surface area contributed by atoms with Gasteiger partial charge in [0, 0.05) is 18.8 Å². The van der Waals surface area contributed by atoms with Crippen molar-refractivity contribution in [1.82, 2.24) is 15.6 Å². The van der Waals surface area contributed by atoms with Crippen molar-refractivity contribution in [3.8, 4) is 0 Å². The van der Waals surface area contributed by atoms with E-state index in [4.69, 9.17) is 18.0 Å². The molecule has 0 bridgehead atoms. The molecule has 0 spiro atoms. The zero-order valence-corrected chi connectivity index (χ0v) is 13.5. The van der Waals surface area contributed by atoms with Crippen molar-refractivity contribution in [3.63, 3.8) is 0 Å². The van der Waals surface area contributed by atoms with Crippen molar-refractivity contribution in [3.05, 3.63) is 29.7 Å². The first-order valence-electron chi connectivity index (χ1n) is 6.88. The number of amidine groups is 1. The summed E-state index contributed by atoms with van der Waals surface area (Å²) in [7, 11) is 1.61. The maximum Gasteiger partial charge on any atom is 0.208 e. The van der Waals surface area contributed by atoms with Crippen LogP contribution in [0.25, 0.3) is 0 Å². The molecule has 6 N–H and O–H groups in total. The number of rotatable bonds is 5. The molecular weight excluding hydrogens is 336 g/mol. The number of benzene rings is 1. The molecule has 9 nitrogen and oxygen atoms in total. The molecule has 24 heavy (non-hydrogen) atoms. The van der Waals surface area contributed by atoms with Crippen LogP contribution in [0.3, 0.4) is 0 Å². The van der Waals surface area contributed by atoms with E-state index in [0.717, 1.165) is 0 Å². The zero-order valence-electron chi connectivity index (χ0n) is 12.7. The number of thiocarbonyl (C=S) groups is 1. The first kappa shape index (κ1) is 17.6. The Kier molecular flexibility index (Phi) is 6.04. The van der Waals surface area contributed by atoms with E-state index in [1.165, 1.54) is 12.1 Å². The van der Waals surface area contributed by atoms with Gasteiger partial charge in [0.15, 0.2) is 10.8 Å². The maximum absolute atomic E-state index is 13.3. The number of anilines is 2. The van der Waals surface area contributed by atoms with E-state index in [0.29, 0.717) is 24.2 Å². The van der Waals surface area contributed by atoms with E-state index in [1.54, 1.807) is 13.9 Å². The van der Waals surface area contributed by atoms with E-state index in [9.17, 15) is 9.60 Å². The van der Waals surface area contributed by atoms with Crippen molar-refractivity contribution < 1.29 is 14.2 Å². The van der Waals surface area contributed by atoms with Gasteiger partial charge in [-0.3, -0.25) is 0 Å². The molecule has 0 aliphatic heterocycles. The van der Waals surface area contributed by atoms with Gasteiger partial charge in [-0.15, -0.1) is 0 Å². The second kappa shape index (κ2) is 8.22. The lowest BCUT2D eigenvalue weighted by Crippen LogP contribution is -2.33. The van der Waals surface area contributed by atoms with Crippen molar-refractivity contribution in [2.75, 3.05) is 23.7 Å². The summed E-state index contributed by atoms with van der Waals surface area (Å²) in [6.07, 6.45) is 0. The zero-order chi connectivity index (χ0) is 17.5. The van der Waals surface area contributed by atoms with Gasteiger partial charge in [0.2, 0.25) is 11.7 Å². The van der Waals surface area contributed by atoms with Crippen LogP contribution in [0.4, 0.5) is 15.9 Å². The smallest absolute Gasteiger partial charge is 0.208 e. The quantitative estimate of drug-likeness (QED) is 0.114. The molecule has 1 aromatic carbocycles. The van der Waals surface area contributed by atoms with Crippen LogP contribution in [-0.2, 0) is 0 Å². The van der Waals surface area contributed by atoms with Crippen LogP contribution in [0.15, 0.2) is 28.0 Å². The molecule has 2 rings (SSSR count). The predicted octanol–water partition coefficient (Wildman–Crippen LogP) is -1.04. The fourth-order valence-electron chi connectivity index (χ4n) is 1.75. The summed E-state index contributed by atoms with van der Waals surface area (Å²) in [5.74, 6) is -0.250. The van der Waals surface area contributed by atoms with Gasteiger partial charge in [-0.05, 0) is 40.7 Å². The number of aromatic nitrogens is 2. The fourth-order valence-corrected chi connectivity index (χ4v) is 1.95. The second-order valence-electron chi connectivity index (χ2n) is 4.67. The largest absolute Gasteiger partial charge is 0.409 e. The summed E-state index contributed by atoms with van der Waals surface area (Å²) in [6, 6.07) is 4.33. The molecule has 12 heteroatoms. The Balaban J connectivity index is 2.15. The number of nitrogens with one attached hydrogen (secondary N) is 3. The fraction of sp³-hybridized carbons (Fsp3) is 0.167. The van der Waals surface area contributed by atoms with E-state index < -0.39 is 0 Å². The number of oxime groups is 1. The third-order valence-corrected chi connectivity index (χ3v) is 3.14. The lowest BCUT2D eigenvalue weighted by Gasteiger charge is -2.10. The number of nitrogens with zero attached hydrogens (tertiary/aromatic N) is 3. The molecule has 0 atom stereocenters. The van der Waals surface area contributed by atoms with Gasteiger partial charge in [0.1, 0.15) is 13.7 Å². The minimum absolute atomic E-state index is 0.0496. The van der Waals surface area contributed by atoms with Crippen LogP contribution in [-0.4, -0.2) is 47.4 Å². The molecule has 0 saturated heterocycles. The van der Waals surface area contributed by atoms with Crippen LogP contribution in [0.5, 0.6) is 0 Å². The number of halogens is 1. The molecule has 1 heterocycles. The molecule has 0 saturated carbocycles. The molecule has 1 aromatic heterocycles. The van der Waals surface area contributed by atoms with Crippen molar-refractivity contribution in [2.45, 2.75) is 0 Å². The summed E-state index contributed by atoms with van der Waals surface area (Å²) >= 11 is 5.06. The molecule has 0 radical (unpaired) electrons. The molecule has 0 amide bonds. The molecular formula is C12H15BFN7O2S. The minimum Gasteiger partial charge on any atom is -0.409 e. The Morgan fingerprint density at radius 1 is 1.42 bits per heavy atom. The van der Waals surface area contributed by atoms with Crippen LogP contribution in [0.1, 0.15) is 5.69 Å². The first-order valence-corrected chi connectivity index (χ1v) is 7.29. The molecule has 2 aromatic rings. The van der Waals surface area contributed by atoms with E-state index in [-0.39, 0.29) is 28.3 Å². The Bertz CT molecular complexity index is 755. The van der Waals surface area contributed by atoms with Gasteiger partial charge in [0.05, 0.1) is 0 Å². The average molecular weight is 351 g/mol. The molecule has 0 fully saturated rings. The predicted molar refractivity (Wildman–Crippen MR) is 94.1 cm³/mol. The monoisotopic (exact) mass is 351 g/mol. The average Bonchev–Trinajstić information content (AvgIpc) is 3.01. The summed E-state index contributed by atoms with van der Waals surface area (Å²) < 4.78 is 18.0. The van der Waals surface area contributed by atoms with Gasteiger partial charge in [-0.2, -0.15) is 0 Å². The number of nitrogens with two attached hydrogens (primary N) is 1. The van der Waals surface area contributed by atoms with Gasteiger partial charge >= 0.3 is 0 Å². The van der Waals surface area contributed by atoms with Gasteiger partial charge in [-0.25, -0.2) is 9.02 Å². The molecule has 0 aliphatic rings. The highest BCUT2D eigenvalue weighted by molar-refractivity contribution is 7.80. The SMILES string of the molecule is Bc1cc(N/C(=N\O)c2nonc2NC(=S)NCCN)ccc1F. The minimum atomic E-state index is -0.343. The summed E-state index contributed by atoms with van der Waals surface area (Å²) in [4.78, 5) is 0. The van der Waals surface area contributed by atoms with Crippen LogP contribution in [0.2, 0.25) is 0 Å². The van der Waals surface area contributed by atoms with Crippen LogP contribution in [0, 0.1) is 5.82 Å². The van der Waals surface area contributed by atoms with Gasteiger partial charge in [0.25, 0.3) is 0 Å². The highest BCUT2D eigenvalue weighted by Gasteiger charge is 2.18. The molecule has 0 unspecified atom stereocenters. The van der Waals surface area contributed by atoms with Crippen molar-refractivity contribution in [1.29, 1.82) is 0 Å². The highest BCUT2D eigenvalue weighted by atomic mass is 32.1. The van der Waals surface area contributed by atoms with Gasteiger partial charge in [-0.1, -0.05) is 10.6 Å². The normalized spacial score (nSPS) is 11.2. The Morgan fingerprint density at radius 3 is 2.88 bits per heavy atom. The van der Waals surface area contributed by atoms with Crippen LogP contribution >= 0.6 is 12.2 Å². The third-order valence-electron chi connectivity index (χ3n) is 2.90. The first-order chi connectivity index (χ1) is 11.5. The van der Waals surface area contributed by atoms with E-state index >= 15 is 0 Å². The number of hydrogen-bond acceptors (Lipinski definition) is 7. The lowest BCUT2D eigenvalue weighted by molar-refractivity contribution is 0.305. The highest BCUT2D eigenvalue weighted by Crippen LogP contribution is 2.14. The summed E-state index contributed by atoms with van der Waals surface area (Å²) in [5, 5.41) is 28.3. The van der Waals surface area contributed by atoms with Crippen molar-refractivity contribution in [2.24, 2.45) is 10.9 Å². The Hall–Kier alpha value is -2.73. The third kappa shape index (κ3) is 4.39. The summed E-state index contributed by atoms with van der Waals surface area (Å²) in [5.41, 5.74) is 6.40. The van der Waals surface area contributed by atoms with Crippen LogP contribution < -0.4 is 27.1 Å². The van der Waals surface area contributed by atoms with Crippen molar-refractivity contribution >= 4 is 48.0 Å².